The third kappa shape index (κ3) is 6.54. The highest BCUT2D eigenvalue weighted by molar-refractivity contribution is 7.90. The van der Waals surface area contributed by atoms with Crippen LogP contribution in [0.15, 0.2) is 83.8 Å². The van der Waals surface area contributed by atoms with E-state index >= 15 is 0 Å². The van der Waals surface area contributed by atoms with Gasteiger partial charge in [-0.1, -0.05) is 73.1 Å². The van der Waals surface area contributed by atoms with Crippen LogP contribution in [-0.4, -0.2) is 54.0 Å². The Morgan fingerprint density at radius 3 is 2.33 bits per heavy atom. The van der Waals surface area contributed by atoms with Crippen molar-refractivity contribution in [3.8, 4) is 0 Å². The first-order valence-corrected chi connectivity index (χ1v) is 15.0. The standard InChI is InChI=1S/C30H32ClN3O5S/c1-3-21(2)32-29(36)26(19-22-10-5-4-6-11-22)33(20-23-12-9-13-24(31)18-23)28(35)16-17-34-30(37)25-14-7-8-15-27(25)40(34,38)39/h4-15,18,21,26H,3,16-17,19-20H2,1-2H3,(H,32,36)/t21-,26+/m0/s1. The van der Waals surface area contributed by atoms with E-state index in [0.29, 0.717) is 17.0 Å². The predicted octanol–water partition coefficient (Wildman–Crippen LogP) is 4.43. The normalized spacial score (nSPS) is 15.3. The average molecular weight is 582 g/mol. The first kappa shape index (κ1) is 29.3. The molecule has 8 nitrogen and oxygen atoms in total. The average Bonchev–Trinajstić information content (AvgIpc) is 3.14. The Labute approximate surface area is 240 Å². The summed E-state index contributed by atoms with van der Waals surface area (Å²) in [6, 6.07) is 21.4. The molecule has 0 aliphatic carbocycles. The molecule has 1 N–H and O–H groups in total. The molecule has 0 radical (unpaired) electrons. The molecule has 1 aliphatic rings. The summed E-state index contributed by atoms with van der Waals surface area (Å²) in [5, 5.41) is 3.48. The smallest absolute Gasteiger partial charge is 0.269 e. The number of amides is 3. The van der Waals surface area contributed by atoms with Crippen molar-refractivity contribution in [3.05, 3.63) is 101 Å². The van der Waals surface area contributed by atoms with E-state index in [1.165, 1.54) is 17.0 Å². The molecule has 0 saturated carbocycles. The molecule has 4 rings (SSSR count). The maximum absolute atomic E-state index is 13.9. The third-order valence-corrected chi connectivity index (χ3v) is 9.03. The molecular formula is C30H32ClN3O5S. The highest BCUT2D eigenvalue weighted by Crippen LogP contribution is 2.30. The number of rotatable bonds is 11. The molecule has 3 aromatic carbocycles. The molecule has 10 heteroatoms. The van der Waals surface area contributed by atoms with Crippen LogP contribution >= 0.6 is 11.6 Å². The van der Waals surface area contributed by atoms with Crippen molar-refractivity contribution in [2.24, 2.45) is 0 Å². The molecule has 1 heterocycles. The van der Waals surface area contributed by atoms with Gasteiger partial charge in [-0.25, -0.2) is 12.7 Å². The largest absolute Gasteiger partial charge is 0.352 e. The minimum atomic E-state index is -4.07. The molecule has 2 atom stereocenters. The van der Waals surface area contributed by atoms with E-state index in [2.05, 4.69) is 5.32 Å². The lowest BCUT2D eigenvalue weighted by Crippen LogP contribution is -2.52. The fourth-order valence-electron chi connectivity index (χ4n) is 4.62. The zero-order chi connectivity index (χ0) is 28.9. The summed E-state index contributed by atoms with van der Waals surface area (Å²) < 4.78 is 26.8. The molecule has 0 aromatic heterocycles. The van der Waals surface area contributed by atoms with E-state index in [4.69, 9.17) is 11.6 Å². The summed E-state index contributed by atoms with van der Waals surface area (Å²) in [6.45, 7) is 3.58. The van der Waals surface area contributed by atoms with E-state index in [-0.39, 0.29) is 48.3 Å². The van der Waals surface area contributed by atoms with Gasteiger partial charge < -0.3 is 10.2 Å². The number of halogens is 1. The minimum absolute atomic E-state index is 0.0712. The minimum Gasteiger partial charge on any atom is -0.352 e. The van der Waals surface area contributed by atoms with Crippen LogP contribution in [-0.2, 0) is 32.6 Å². The molecule has 0 bridgehead atoms. The molecule has 0 unspecified atom stereocenters. The van der Waals surface area contributed by atoms with Crippen molar-refractivity contribution in [1.29, 1.82) is 0 Å². The highest BCUT2D eigenvalue weighted by Gasteiger charge is 2.41. The number of hydrogen-bond acceptors (Lipinski definition) is 5. The molecule has 0 fully saturated rings. The zero-order valence-electron chi connectivity index (χ0n) is 22.4. The maximum Gasteiger partial charge on any atom is 0.269 e. The van der Waals surface area contributed by atoms with E-state index in [0.717, 1.165) is 9.87 Å². The Morgan fingerprint density at radius 1 is 0.975 bits per heavy atom. The molecule has 3 aromatic rings. The molecule has 0 spiro atoms. The van der Waals surface area contributed by atoms with Crippen molar-refractivity contribution < 1.29 is 22.8 Å². The van der Waals surface area contributed by atoms with Crippen LogP contribution < -0.4 is 5.32 Å². The van der Waals surface area contributed by atoms with Crippen molar-refractivity contribution >= 4 is 39.3 Å². The quantitative estimate of drug-likeness (QED) is 0.361. The number of hydrogen-bond donors (Lipinski definition) is 1. The summed E-state index contributed by atoms with van der Waals surface area (Å²) >= 11 is 6.21. The summed E-state index contributed by atoms with van der Waals surface area (Å²) in [6.07, 6.45) is 0.671. The Hall–Kier alpha value is -3.69. The van der Waals surface area contributed by atoms with E-state index in [9.17, 15) is 22.8 Å². The topological polar surface area (TPSA) is 104 Å². The Balaban J connectivity index is 1.64. The van der Waals surface area contributed by atoms with Crippen LogP contribution in [0.4, 0.5) is 0 Å². The zero-order valence-corrected chi connectivity index (χ0v) is 24.0. The van der Waals surface area contributed by atoms with Crippen LogP contribution in [0.2, 0.25) is 5.02 Å². The maximum atomic E-state index is 13.9. The highest BCUT2D eigenvalue weighted by atomic mass is 35.5. The number of carbonyl (C=O) groups excluding carboxylic acids is 3. The molecule has 0 saturated heterocycles. The molecule has 210 valence electrons. The second-order valence-corrected chi connectivity index (χ2v) is 12.1. The second kappa shape index (κ2) is 12.7. The molecule has 3 amide bonds. The molecule has 1 aliphatic heterocycles. The summed E-state index contributed by atoms with van der Waals surface area (Å²) in [5.74, 6) is -1.44. The van der Waals surface area contributed by atoms with Crippen LogP contribution in [0.5, 0.6) is 0 Å². The van der Waals surface area contributed by atoms with Gasteiger partial charge in [-0.3, -0.25) is 14.4 Å². The van der Waals surface area contributed by atoms with Crippen LogP contribution in [0, 0.1) is 0 Å². The van der Waals surface area contributed by atoms with Gasteiger partial charge in [0.05, 0.1) is 5.56 Å². The van der Waals surface area contributed by atoms with Gasteiger partial charge in [-0.2, -0.15) is 0 Å². The van der Waals surface area contributed by atoms with Crippen molar-refractivity contribution in [1.82, 2.24) is 14.5 Å². The summed E-state index contributed by atoms with van der Waals surface area (Å²) in [5.41, 5.74) is 1.66. The first-order chi connectivity index (χ1) is 19.1. The SMILES string of the molecule is CC[C@H](C)NC(=O)[C@@H](Cc1ccccc1)N(Cc1cccc(Cl)c1)C(=O)CCN1C(=O)c2ccccc2S1(=O)=O. The van der Waals surface area contributed by atoms with Crippen LogP contribution in [0.3, 0.4) is 0 Å². The lowest BCUT2D eigenvalue weighted by Gasteiger charge is -2.32. The number of fused-ring (bicyclic) bond motifs is 1. The van der Waals surface area contributed by atoms with Crippen LogP contribution in [0.25, 0.3) is 0 Å². The van der Waals surface area contributed by atoms with E-state index in [1.807, 2.05) is 50.2 Å². The van der Waals surface area contributed by atoms with Gasteiger partial charge in [0, 0.05) is 37.0 Å². The van der Waals surface area contributed by atoms with Crippen LogP contribution in [0.1, 0.15) is 48.2 Å². The van der Waals surface area contributed by atoms with Gasteiger partial charge in [0.25, 0.3) is 15.9 Å². The summed E-state index contributed by atoms with van der Waals surface area (Å²) in [4.78, 5) is 41.7. The second-order valence-electron chi connectivity index (χ2n) is 9.80. The summed E-state index contributed by atoms with van der Waals surface area (Å²) in [7, 11) is -4.07. The fraction of sp³-hybridized carbons (Fsp3) is 0.300. The van der Waals surface area contributed by atoms with Gasteiger partial charge in [-0.15, -0.1) is 0 Å². The Kier molecular flexibility index (Phi) is 9.27. The fourth-order valence-corrected chi connectivity index (χ4v) is 6.40. The van der Waals surface area contributed by atoms with E-state index < -0.39 is 27.9 Å². The first-order valence-electron chi connectivity index (χ1n) is 13.2. The monoisotopic (exact) mass is 581 g/mol. The molecular weight excluding hydrogens is 550 g/mol. The predicted molar refractivity (Wildman–Crippen MR) is 153 cm³/mol. The van der Waals surface area contributed by atoms with Gasteiger partial charge >= 0.3 is 0 Å². The number of benzene rings is 3. The van der Waals surface area contributed by atoms with Crippen molar-refractivity contribution in [2.75, 3.05) is 6.54 Å². The number of nitrogens with zero attached hydrogens (tertiary/aromatic N) is 2. The van der Waals surface area contributed by atoms with Gasteiger partial charge in [0.1, 0.15) is 10.9 Å². The van der Waals surface area contributed by atoms with Crippen molar-refractivity contribution in [3.63, 3.8) is 0 Å². The number of sulfonamides is 1. The Morgan fingerprint density at radius 2 is 1.65 bits per heavy atom. The lowest BCUT2D eigenvalue weighted by molar-refractivity contribution is -0.141. The Bertz CT molecular complexity index is 1500. The number of carbonyl (C=O) groups is 3. The third-order valence-electron chi connectivity index (χ3n) is 6.95. The van der Waals surface area contributed by atoms with Gasteiger partial charge in [0.15, 0.2) is 0 Å². The molecule has 40 heavy (non-hydrogen) atoms. The van der Waals surface area contributed by atoms with Gasteiger partial charge in [0.2, 0.25) is 11.8 Å². The number of nitrogens with one attached hydrogen (secondary N) is 1. The lowest BCUT2D eigenvalue weighted by atomic mass is 10.0. The van der Waals surface area contributed by atoms with E-state index in [1.54, 1.807) is 30.3 Å². The van der Waals surface area contributed by atoms with Gasteiger partial charge in [-0.05, 0) is 48.7 Å². The van der Waals surface area contributed by atoms with Crippen molar-refractivity contribution in [2.45, 2.75) is 56.6 Å².